The normalized spacial score (nSPS) is 48.2. The number of aliphatic hydroxyl groups excluding tert-OH is 12. The Hall–Kier alpha value is -0.720. The molecule has 18 heteroatoms. The first-order chi connectivity index (χ1) is 18.4. The van der Waals surface area contributed by atoms with Gasteiger partial charge in [-0.1, -0.05) is 0 Å². The molecule has 0 saturated carbocycles. The number of hydrogen-bond donors (Lipinski definition) is 12. The van der Waals surface area contributed by atoms with E-state index < -0.39 is 131 Å². The minimum atomic E-state index is -1.83. The second-order valence-electron chi connectivity index (χ2n) is 9.56. The van der Waals surface area contributed by atoms with Crippen molar-refractivity contribution in [3.8, 4) is 0 Å². The maximum absolute atomic E-state index is 10.3. The van der Waals surface area contributed by atoms with Gasteiger partial charge in [0.1, 0.15) is 79.4 Å². The fraction of sp³-hybridized carbons (Fsp3) is 1.00. The summed E-state index contributed by atoms with van der Waals surface area (Å²) in [5, 5.41) is 119. The summed E-state index contributed by atoms with van der Waals surface area (Å²) in [4.78, 5) is 0. The lowest BCUT2D eigenvalue weighted by molar-refractivity contribution is -0.343. The van der Waals surface area contributed by atoms with Crippen LogP contribution in [0.5, 0.6) is 0 Å². The Morgan fingerprint density at radius 2 is 0.846 bits per heavy atom. The van der Waals surface area contributed by atoms with Crippen molar-refractivity contribution < 1.29 is 89.7 Å². The third-order valence-electron chi connectivity index (χ3n) is 6.70. The lowest BCUT2D eigenvalue weighted by atomic mass is 9.98. The summed E-state index contributed by atoms with van der Waals surface area (Å²) < 4.78 is 31.9. The van der Waals surface area contributed by atoms with Gasteiger partial charge in [0.15, 0.2) is 18.9 Å². The van der Waals surface area contributed by atoms with E-state index in [2.05, 4.69) is 0 Å². The molecular formula is C21H38O18. The summed E-state index contributed by atoms with van der Waals surface area (Å²) in [5.74, 6) is 0. The van der Waals surface area contributed by atoms with Crippen LogP contribution in [-0.4, -0.2) is 193 Å². The van der Waals surface area contributed by atoms with Gasteiger partial charge in [-0.2, -0.15) is 0 Å². The van der Waals surface area contributed by atoms with Gasteiger partial charge in [0.25, 0.3) is 0 Å². The first-order valence-electron chi connectivity index (χ1n) is 12.2. The number of rotatable bonds is 11. The van der Waals surface area contributed by atoms with E-state index in [1.54, 1.807) is 0 Å². The quantitative estimate of drug-likeness (QED) is 0.108. The number of aliphatic hydroxyl groups is 12. The first-order valence-corrected chi connectivity index (χ1v) is 12.2. The van der Waals surface area contributed by atoms with Gasteiger partial charge in [-0.3, -0.25) is 0 Å². The Labute approximate surface area is 221 Å². The van der Waals surface area contributed by atoms with Crippen LogP contribution < -0.4 is 0 Å². The van der Waals surface area contributed by atoms with Gasteiger partial charge in [0.05, 0.1) is 33.0 Å². The molecular weight excluding hydrogens is 540 g/mol. The summed E-state index contributed by atoms with van der Waals surface area (Å²) in [6.45, 7) is -3.02. The maximum atomic E-state index is 10.3. The molecule has 3 aliphatic rings. The molecule has 0 radical (unpaired) electrons. The predicted octanol–water partition coefficient (Wildman–Crippen LogP) is -8.20. The Morgan fingerprint density at radius 1 is 0.487 bits per heavy atom. The SMILES string of the molecule is OCC(O)CO[C@@H]1O[C@H](CO[C@@H]2O[C@H](CO[C@@H]3O[C@H](CO)[C@@H](O)[C@H](O)[C@H]3O)[C@@H](O)[C@H](O)[C@H]2O)[C@@H](O)[C@H](O)[C@H]1O. The molecule has 12 N–H and O–H groups in total. The van der Waals surface area contributed by atoms with Crippen molar-refractivity contribution in [3.63, 3.8) is 0 Å². The maximum Gasteiger partial charge on any atom is 0.186 e. The molecule has 3 heterocycles. The topological polar surface area (TPSA) is 298 Å². The fourth-order valence-electron chi connectivity index (χ4n) is 4.23. The summed E-state index contributed by atoms with van der Waals surface area (Å²) in [7, 11) is 0. The predicted molar refractivity (Wildman–Crippen MR) is 118 cm³/mol. The van der Waals surface area contributed by atoms with E-state index in [0.29, 0.717) is 0 Å². The zero-order valence-electron chi connectivity index (χ0n) is 20.6. The van der Waals surface area contributed by atoms with E-state index in [1.165, 1.54) is 0 Å². The molecule has 0 bridgehead atoms. The van der Waals surface area contributed by atoms with E-state index in [0.717, 1.165) is 0 Å². The van der Waals surface area contributed by atoms with Gasteiger partial charge in [-0.05, 0) is 0 Å². The zero-order valence-corrected chi connectivity index (χ0v) is 20.6. The monoisotopic (exact) mass is 578 g/mol. The van der Waals surface area contributed by atoms with E-state index in [4.69, 9.17) is 33.5 Å². The minimum absolute atomic E-state index is 0.473. The minimum Gasteiger partial charge on any atom is -0.394 e. The summed E-state index contributed by atoms with van der Waals surface area (Å²) in [6.07, 6.45) is -25.8. The molecule has 3 rings (SSSR count). The molecule has 0 aliphatic carbocycles. The second-order valence-corrected chi connectivity index (χ2v) is 9.56. The van der Waals surface area contributed by atoms with Crippen molar-refractivity contribution >= 4 is 0 Å². The molecule has 0 aromatic carbocycles. The van der Waals surface area contributed by atoms with E-state index in [-0.39, 0.29) is 0 Å². The van der Waals surface area contributed by atoms with Crippen LogP contribution in [0.3, 0.4) is 0 Å². The molecule has 0 spiro atoms. The van der Waals surface area contributed by atoms with Crippen LogP contribution in [0, 0.1) is 0 Å². The van der Waals surface area contributed by atoms with Gasteiger partial charge in [-0.15, -0.1) is 0 Å². The zero-order chi connectivity index (χ0) is 29.0. The Balaban J connectivity index is 1.58. The van der Waals surface area contributed by atoms with Crippen LogP contribution >= 0.6 is 0 Å². The van der Waals surface area contributed by atoms with Crippen LogP contribution in [0.4, 0.5) is 0 Å². The van der Waals surface area contributed by atoms with Gasteiger partial charge >= 0.3 is 0 Å². The van der Waals surface area contributed by atoms with Gasteiger partial charge in [0, 0.05) is 0 Å². The van der Waals surface area contributed by atoms with Crippen molar-refractivity contribution in [3.05, 3.63) is 0 Å². The van der Waals surface area contributed by atoms with Crippen molar-refractivity contribution in [2.24, 2.45) is 0 Å². The lowest BCUT2D eigenvalue weighted by Gasteiger charge is -2.43. The van der Waals surface area contributed by atoms with Gasteiger partial charge < -0.3 is 89.7 Å². The van der Waals surface area contributed by atoms with Gasteiger partial charge in [0.2, 0.25) is 0 Å². The molecule has 0 amide bonds. The Bertz CT molecular complexity index is 731. The highest BCUT2D eigenvalue weighted by Crippen LogP contribution is 2.28. The fourth-order valence-corrected chi connectivity index (χ4v) is 4.23. The molecule has 3 aliphatic heterocycles. The molecule has 3 fully saturated rings. The van der Waals surface area contributed by atoms with E-state index in [9.17, 15) is 56.2 Å². The van der Waals surface area contributed by atoms with Gasteiger partial charge in [-0.25, -0.2) is 0 Å². The molecule has 230 valence electrons. The molecule has 0 aromatic rings. The highest BCUT2D eigenvalue weighted by molar-refractivity contribution is 4.93. The standard InChI is InChI=1S/C21H38O18/c22-1-6(24)3-34-19-17(32)14(29)11(26)8(38-19)5-36-21-18(33)15(30)12(27)9(39-21)4-35-20-16(31)13(28)10(25)7(2-23)37-20/h6-33H,1-5H2/t6?,7-,8-,9-,10-,11-,12-,13+,14+,15+,16-,17-,18-,19-,20-,21-/m1/s1. The molecule has 16 atom stereocenters. The van der Waals surface area contributed by atoms with Crippen LogP contribution in [-0.2, 0) is 28.4 Å². The average Bonchev–Trinajstić information content (AvgIpc) is 2.93. The lowest BCUT2D eigenvalue weighted by Crippen LogP contribution is -2.62. The van der Waals surface area contributed by atoms with E-state index >= 15 is 0 Å². The van der Waals surface area contributed by atoms with Crippen molar-refractivity contribution in [1.82, 2.24) is 0 Å². The molecule has 1 unspecified atom stereocenters. The number of ether oxygens (including phenoxy) is 6. The van der Waals surface area contributed by atoms with Crippen LogP contribution in [0.15, 0.2) is 0 Å². The highest BCUT2D eigenvalue weighted by atomic mass is 16.7. The van der Waals surface area contributed by atoms with Crippen molar-refractivity contribution in [1.29, 1.82) is 0 Å². The molecule has 39 heavy (non-hydrogen) atoms. The summed E-state index contributed by atoms with van der Waals surface area (Å²) in [6, 6.07) is 0. The van der Waals surface area contributed by atoms with Crippen LogP contribution in [0.2, 0.25) is 0 Å². The molecule has 18 nitrogen and oxygen atoms in total. The van der Waals surface area contributed by atoms with Crippen LogP contribution in [0.1, 0.15) is 0 Å². The van der Waals surface area contributed by atoms with Crippen molar-refractivity contribution in [2.45, 2.75) is 98.2 Å². The average molecular weight is 579 g/mol. The summed E-state index contributed by atoms with van der Waals surface area (Å²) in [5.41, 5.74) is 0. The Kier molecular flexibility index (Phi) is 12.1. The third-order valence-corrected chi connectivity index (χ3v) is 6.70. The Morgan fingerprint density at radius 3 is 1.23 bits per heavy atom. The smallest absolute Gasteiger partial charge is 0.186 e. The second kappa shape index (κ2) is 14.4. The first kappa shape index (κ1) is 32.8. The van der Waals surface area contributed by atoms with Crippen LogP contribution in [0.25, 0.3) is 0 Å². The highest BCUT2D eigenvalue weighted by Gasteiger charge is 2.49. The molecule has 0 aromatic heterocycles. The van der Waals surface area contributed by atoms with Crippen molar-refractivity contribution in [2.75, 3.05) is 33.0 Å². The third kappa shape index (κ3) is 7.57. The largest absolute Gasteiger partial charge is 0.394 e. The summed E-state index contributed by atoms with van der Waals surface area (Å²) >= 11 is 0. The van der Waals surface area contributed by atoms with E-state index in [1.807, 2.05) is 0 Å². The number of hydrogen-bond acceptors (Lipinski definition) is 18. The molecule has 3 saturated heterocycles.